The van der Waals surface area contributed by atoms with Crippen molar-refractivity contribution in [3.05, 3.63) is 58.6 Å². The summed E-state index contributed by atoms with van der Waals surface area (Å²) >= 11 is 12.3. The average molecular weight is 371 g/mol. The number of benzene rings is 2. The Bertz CT molecular complexity index is 893. The predicted molar refractivity (Wildman–Crippen MR) is 102 cm³/mol. The van der Waals surface area contributed by atoms with Gasteiger partial charge in [-0.15, -0.1) is 10.2 Å². The Morgan fingerprint density at radius 3 is 2.36 bits per heavy atom. The molecule has 0 N–H and O–H groups in total. The van der Waals surface area contributed by atoms with E-state index in [1.807, 2.05) is 36.4 Å². The lowest BCUT2D eigenvalue weighted by Crippen LogP contribution is -2.21. The van der Waals surface area contributed by atoms with Gasteiger partial charge in [0, 0.05) is 29.2 Å². The van der Waals surface area contributed by atoms with E-state index >= 15 is 0 Å². The molecular formula is C19H16Cl2N4. The van der Waals surface area contributed by atoms with Crippen molar-refractivity contribution in [1.29, 1.82) is 0 Å². The lowest BCUT2D eigenvalue weighted by Gasteiger charge is -2.19. The number of halogens is 2. The molecule has 4 nitrogen and oxygen atoms in total. The Balaban J connectivity index is 1.84. The molecule has 3 aromatic rings. The average Bonchev–Trinajstić information content (AvgIpc) is 3.17. The van der Waals surface area contributed by atoms with Crippen LogP contribution in [-0.2, 0) is 0 Å². The molecule has 0 radical (unpaired) electrons. The topological polar surface area (TPSA) is 41.9 Å². The number of nitrogens with zero attached hydrogens (tertiary/aromatic N) is 4. The van der Waals surface area contributed by atoms with E-state index in [4.69, 9.17) is 28.2 Å². The van der Waals surface area contributed by atoms with E-state index in [1.54, 1.807) is 12.1 Å². The fourth-order valence-electron chi connectivity index (χ4n) is 3.03. The third-order valence-electron chi connectivity index (χ3n) is 4.29. The van der Waals surface area contributed by atoms with Gasteiger partial charge in [0.15, 0.2) is 11.6 Å². The Hall–Kier alpha value is -2.17. The Kier molecular flexibility index (Phi) is 4.55. The van der Waals surface area contributed by atoms with E-state index in [9.17, 15) is 0 Å². The Morgan fingerprint density at radius 1 is 0.880 bits per heavy atom. The van der Waals surface area contributed by atoms with E-state index in [1.165, 1.54) is 0 Å². The number of hydrogen-bond acceptors (Lipinski definition) is 4. The molecule has 0 bridgehead atoms. The summed E-state index contributed by atoms with van der Waals surface area (Å²) in [7, 11) is 0. The number of aromatic nitrogens is 3. The van der Waals surface area contributed by atoms with Gasteiger partial charge in [0.2, 0.25) is 0 Å². The second-order valence-corrected chi connectivity index (χ2v) is 6.84. The van der Waals surface area contributed by atoms with Gasteiger partial charge in [-0.1, -0.05) is 53.5 Å². The molecule has 1 aromatic heterocycles. The summed E-state index contributed by atoms with van der Waals surface area (Å²) in [5.41, 5.74) is 2.55. The van der Waals surface area contributed by atoms with Crippen LogP contribution < -0.4 is 4.90 Å². The second kappa shape index (κ2) is 6.98. The zero-order chi connectivity index (χ0) is 17.2. The first-order valence-electron chi connectivity index (χ1n) is 8.23. The van der Waals surface area contributed by atoms with Gasteiger partial charge in [-0.05, 0) is 31.0 Å². The highest BCUT2D eigenvalue weighted by Crippen LogP contribution is 2.33. The number of hydrogen-bond donors (Lipinski definition) is 0. The van der Waals surface area contributed by atoms with Crippen LogP contribution in [-0.4, -0.2) is 28.3 Å². The summed E-state index contributed by atoms with van der Waals surface area (Å²) in [6.45, 7) is 1.96. The van der Waals surface area contributed by atoms with Crippen molar-refractivity contribution >= 4 is 29.0 Å². The molecule has 0 unspecified atom stereocenters. The maximum absolute atomic E-state index is 6.33. The minimum absolute atomic E-state index is 0.517. The van der Waals surface area contributed by atoms with Gasteiger partial charge in [0.05, 0.1) is 5.02 Å². The maximum Gasteiger partial charge on any atom is 0.185 e. The van der Waals surface area contributed by atoms with Crippen molar-refractivity contribution in [2.75, 3.05) is 18.0 Å². The first kappa shape index (κ1) is 16.3. The summed E-state index contributed by atoms with van der Waals surface area (Å²) in [5, 5.41) is 9.93. The van der Waals surface area contributed by atoms with Crippen molar-refractivity contribution < 1.29 is 0 Å². The van der Waals surface area contributed by atoms with E-state index in [0.717, 1.165) is 48.6 Å². The standard InChI is InChI=1S/C19H16Cl2N4/c20-14-8-9-15(16(21)12-14)18-22-19(25-10-4-5-11-25)17(23-24-18)13-6-2-1-3-7-13/h1-3,6-9,12H,4-5,10-11H2. The normalized spacial score (nSPS) is 14.1. The molecule has 2 aromatic carbocycles. The van der Waals surface area contributed by atoms with E-state index in [2.05, 4.69) is 15.1 Å². The highest BCUT2D eigenvalue weighted by atomic mass is 35.5. The van der Waals surface area contributed by atoms with Gasteiger partial charge >= 0.3 is 0 Å². The van der Waals surface area contributed by atoms with Gasteiger partial charge in [-0.2, -0.15) is 0 Å². The first-order valence-corrected chi connectivity index (χ1v) is 8.98. The maximum atomic E-state index is 6.33. The SMILES string of the molecule is Clc1ccc(-c2nnc(-c3ccccc3)c(N3CCCC3)n2)c(Cl)c1. The van der Waals surface area contributed by atoms with Crippen LogP contribution in [0.15, 0.2) is 48.5 Å². The summed E-state index contributed by atoms with van der Waals surface area (Å²) in [4.78, 5) is 7.08. The zero-order valence-corrected chi connectivity index (χ0v) is 15.0. The lowest BCUT2D eigenvalue weighted by atomic mass is 10.1. The molecule has 6 heteroatoms. The van der Waals surface area contributed by atoms with Crippen molar-refractivity contribution in [3.63, 3.8) is 0 Å². The Labute approximate surface area is 156 Å². The smallest absolute Gasteiger partial charge is 0.185 e. The number of anilines is 1. The molecule has 25 heavy (non-hydrogen) atoms. The molecule has 1 saturated heterocycles. The van der Waals surface area contributed by atoms with Gasteiger partial charge in [0.25, 0.3) is 0 Å². The van der Waals surface area contributed by atoms with Crippen LogP contribution >= 0.6 is 23.2 Å². The molecular weight excluding hydrogens is 355 g/mol. The van der Waals surface area contributed by atoms with Crippen LogP contribution in [0.3, 0.4) is 0 Å². The highest BCUT2D eigenvalue weighted by molar-refractivity contribution is 6.36. The van der Waals surface area contributed by atoms with Crippen LogP contribution in [0.5, 0.6) is 0 Å². The molecule has 4 rings (SSSR count). The molecule has 0 amide bonds. The largest absolute Gasteiger partial charge is 0.355 e. The van der Waals surface area contributed by atoms with Crippen LogP contribution in [0.25, 0.3) is 22.6 Å². The van der Waals surface area contributed by atoms with Crippen LogP contribution in [0.1, 0.15) is 12.8 Å². The summed E-state index contributed by atoms with van der Waals surface area (Å²) in [6, 6.07) is 15.3. The Morgan fingerprint density at radius 2 is 1.64 bits per heavy atom. The molecule has 0 saturated carbocycles. The molecule has 0 aliphatic carbocycles. The first-order chi connectivity index (χ1) is 12.2. The molecule has 0 spiro atoms. The second-order valence-electron chi connectivity index (χ2n) is 5.99. The zero-order valence-electron chi connectivity index (χ0n) is 13.5. The van der Waals surface area contributed by atoms with Gasteiger partial charge in [-0.3, -0.25) is 0 Å². The van der Waals surface area contributed by atoms with Crippen LogP contribution in [0.4, 0.5) is 5.82 Å². The van der Waals surface area contributed by atoms with Gasteiger partial charge in [-0.25, -0.2) is 4.98 Å². The molecule has 1 aliphatic heterocycles. The van der Waals surface area contributed by atoms with Crippen LogP contribution in [0, 0.1) is 0 Å². The predicted octanol–water partition coefficient (Wildman–Crippen LogP) is 5.11. The molecule has 2 heterocycles. The lowest BCUT2D eigenvalue weighted by molar-refractivity contribution is 0.896. The third kappa shape index (κ3) is 3.32. The van der Waals surface area contributed by atoms with E-state index < -0.39 is 0 Å². The molecule has 1 aliphatic rings. The van der Waals surface area contributed by atoms with Crippen molar-refractivity contribution in [2.24, 2.45) is 0 Å². The number of rotatable bonds is 3. The monoisotopic (exact) mass is 370 g/mol. The van der Waals surface area contributed by atoms with Crippen molar-refractivity contribution in [2.45, 2.75) is 12.8 Å². The van der Waals surface area contributed by atoms with Crippen molar-refractivity contribution in [1.82, 2.24) is 15.2 Å². The van der Waals surface area contributed by atoms with E-state index in [-0.39, 0.29) is 0 Å². The third-order valence-corrected chi connectivity index (χ3v) is 4.84. The van der Waals surface area contributed by atoms with Gasteiger partial charge in [0.1, 0.15) is 5.69 Å². The minimum Gasteiger partial charge on any atom is -0.355 e. The van der Waals surface area contributed by atoms with E-state index in [0.29, 0.717) is 15.9 Å². The molecule has 126 valence electrons. The van der Waals surface area contributed by atoms with Crippen LogP contribution in [0.2, 0.25) is 10.0 Å². The summed E-state index contributed by atoms with van der Waals surface area (Å²) in [5.74, 6) is 1.38. The van der Waals surface area contributed by atoms with Crippen molar-refractivity contribution in [3.8, 4) is 22.6 Å². The fraction of sp³-hybridized carbons (Fsp3) is 0.211. The minimum atomic E-state index is 0.517. The fourth-order valence-corrected chi connectivity index (χ4v) is 3.53. The summed E-state index contributed by atoms with van der Waals surface area (Å²) in [6.07, 6.45) is 2.32. The van der Waals surface area contributed by atoms with Gasteiger partial charge < -0.3 is 4.90 Å². The summed E-state index contributed by atoms with van der Waals surface area (Å²) < 4.78 is 0. The molecule has 1 fully saturated rings. The highest BCUT2D eigenvalue weighted by Gasteiger charge is 2.21. The molecule has 0 atom stereocenters. The quantitative estimate of drug-likeness (QED) is 0.641.